The van der Waals surface area contributed by atoms with Crippen molar-refractivity contribution in [1.82, 2.24) is 19.5 Å². The fraction of sp³-hybridized carbons (Fsp3) is 0. The highest BCUT2D eigenvalue weighted by molar-refractivity contribution is 6.16. The quantitative estimate of drug-likeness (QED) is 0.159. The van der Waals surface area contributed by atoms with Crippen molar-refractivity contribution < 1.29 is 9.15 Å². The Kier molecular flexibility index (Phi) is 9.07. The van der Waals surface area contributed by atoms with Gasteiger partial charge in [-0.2, -0.15) is 0 Å². The number of hydrogen-bond acceptors (Lipinski definition) is 6. The van der Waals surface area contributed by atoms with Gasteiger partial charge in [-0.3, -0.25) is 0 Å². The van der Waals surface area contributed by atoms with Crippen LogP contribution in [0.2, 0.25) is 0 Å². The molecule has 70 heavy (non-hydrogen) atoms. The number of anilines is 3. The Balaban J connectivity index is 0.953. The highest BCUT2D eigenvalue weighted by Gasteiger charge is 2.29. The third-order valence-corrected chi connectivity index (χ3v) is 13.4. The molecule has 0 unspecified atom stereocenters. The van der Waals surface area contributed by atoms with Gasteiger partial charge in [0.15, 0.2) is 29.0 Å². The predicted octanol–water partition coefficient (Wildman–Crippen LogP) is 16.8. The smallest absolute Gasteiger partial charge is 0.164 e. The fourth-order valence-corrected chi connectivity index (χ4v) is 10.2. The molecule has 0 N–H and O–H groups in total. The van der Waals surface area contributed by atoms with E-state index in [1.807, 2.05) is 78.9 Å². The van der Waals surface area contributed by atoms with Gasteiger partial charge in [0.1, 0.15) is 11.2 Å². The largest absolute Gasteiger partial charge is 0.456 e. The van der Waals surface area contributed by atoms with Gasteiger partial charge in [-0.25, -0.2) is 15.0 Å². The van der Waals surface area contributed by atoms with Crippen LogP contribution in [0.1, 0.15) is 0 Å². The van der Waals surface area contributed by atoms with E-state index in [1.165, 1.54) is 10.8 Å². The maximum Gasteiger partial charge on any atom is 0.164 e. The number of benzene rings is 10. The second kappa shape index (κ2) is 16.0. The first-order valence-corrected chi connectivity index (χ1v) is 23.4. The SMILES string of the molecule is c1ccc(-c2ccc3c(c2)Oc2cc(-c4cccc5c4c4ccccc4n5-c4ccccc4)ccc2N3c2ccc3oc4cccc(-c5nc(-c6ccccc6)nc(-c6ccccc6)n5)c4c3c2)cc1. The van der Waals surface area contributed by atoms with Crippen molar-refractivity contribution in [2.75, 3.05) is 4.90 Å². The molecule has 4 heterocycles. The maximum absolute atomic E-state index is 7.05. The molecule has 1 aliphatic heterocycles. The summed E-state index contributed by atoms with van der Waals surface area (Å²) in [5, 5.41) is 4.26. The van der Waals surface area contributed by atoms with Crippen LogP contribution in [0.4, 0.5) is 17.1 Å². The molecule has 3 aromatic heterocycles. The Morgan fingerprint density at radius 1 is 0.329 bits per heavy atom. The number of nitrogens with zero attached hydrogens (tertiary/aromatic N) is 5. The second-order valence-electron chi connectivity index (χ2n) is 17.6. The number of aromatic nitrogens is 4. The predicted molar refractivity (Wildman–Crippen MR) is 283 cm³/mol. The van der Waals surface area contributed by atoms with Crippen LogP contribution in [0.5, 0.6) is 11.5 Å². The van der Waals surface area contributed by atoms with Gasteiger partial charge in [0, 0.05) is 49.6 Å². The van der Waals surface area contributed by atoms with E-state index >= 15 is 0 Å². The average Bonchev–Trinajstić information content (AvgIpc) is 3.99. The van der Waals surface area contributed by atoms with Crippen LogP contribution in [-0.4, -0.2) is 19.5 Å². The third kappa shape index (κ3) is 6.48. The van der Waals surface area contributed by atoms with E-state index in [9.17, 15) is 0 Å². The van der Waals surface area contributed by atoms with E-state index in [1.54, 1.807) is 0 Å². The van der Waals surface area contributed by atoms with E-state index in [0.717, 1.165) is 106 Å². The van der Waals surface area contributed by atoms with Gasteiger partial charge in [0.25, 0.3) is 0 Å². The van der Waals surface area contributed by atoms with Crippen LogP contribution in [0, 0.1) is 0 Å². The minimum Gasteiger partial charge on any atom is -0.456 e. The van der Waals surface area contributed by atoms with Gasteiger partial charge in [0.05, 0.1) is 22.4 Å². The summed E-state index contributed by atoms with van der Waals surface area (Å²) in [4.78, 5) is 17.5. The van der Waals surface area contributed by atoms with Crippen LogP contribution in [0.15, 0.2) is 241 Å². The molecule has 0 bridgehead atoms. The summed E-state index contributed by atoms with van der Waals surface area (Å²) < 4.78 is 16.0. The van der Waals surface area contributed by atoms with Gasteiger partial charge in [-0.15, -0.1) is 0 Å². The van der Waals surface area contributed by atoms with Crippen LogP contribution < -0.4 is 9.64 Å². The third-order valence-electron chi connectivity index (χ3n) is 13.4. The molecule has 0 radical (unpaired) electrons. The van der Waals surface area contributed by atoms with Crippen molar-refractivity contribution in [3.05, 3.63) is 237 Å². The molecular formula is C63H39N5O2. The number of fused-ring (bicyclic) bond motifs is 8. The normalized spacial score (nSPS) is 12.1. The Labute approximate surface area is 402 Å². The van der Waals surface area contributed by atoms with E-state index < -0.39 is 0 Å². The van der Waals surface area contributed by atoms with E-state index in [4.69, 9.17) is 24.1 Å². The van der Waals surface area contributed by atoms with Crippen molar-refractivity contribution in [3.63, 3.8) is 0 Å². The topological polar surface area (TPSA) is 69.2 Å². The minimum atomic E-state index is 0.566. The van der Waals surface area contributed by atoms with Crippen molar-refractivity contribution in [1.29, 1.82) is 0 Å². The molecule has 0 amide bonds. The average molecular weight is 898 g/mol. The summed E-state index contributed by atoms with van der Waals surface area (Å²) in [7, 11) is 0. The standard InChI is InChI=1S/C63H39N5O2/c1-5-17-40(18-6-1)43-31-34-52-57(37-43)70-58-38-44(47-26-15-29-54-59(47)48-25-13-14-28-51(48)67(54)45-23-11-4-12-24-45)32-35-53(58)68(52)46-33-36-55-50(39-46)60-49(27-16-30-56(60)69-55)63-65-61(41-19-7-2-8-20-41)64-62(66-63)42-21-9-3-10-22-42/h1-39H. The zero-order chi connectivity index (χ0) is 46.1. The number of para-hydroxylation sites is 2. The molecular weight excluding hydrogens is 859 g/mol. The lowest BCUT2D eigenvalue weighted by Gasteiger charge is -2.33. The van der Waals surface area contributed by atoms with Crippen molar-refractivity contribution in [2.45, 2.75) is 0 Å². The second-order valence-corrected chi connectivity index (χ2v) is 17.6. The lowest BCUT2D eigenvalue weighted by atomic mass is 9.97. The first-order valence-electron chi connectivity index (χ1n) is 23.4. The molecule has 0 atom stereocenters. The zero-order valence-corrected chi connectivity index (χ0v) is 37.6. The Morgan fingerprint density at radius 3 is 1.61 bits per heavy atom. The summed E-state index contributed by atoms with van der Waals surface area (Å²) in [6.07, 6.45) is 0. The molecule has 0 spiro atoms. The summed E-state index contributed by atoms with van der Waals surface area (Å²) >= 11 is 0. The number of furan rings is 1. The summed E-state index contributed by atoms with van der Waals surface area (Å²) in [5.74, 6) is 3.28. The molecule has 7 heteroatoms. The van der Waals surface area contributed by atoms with Crippen molar-refractivity contribution in [2.24, 2.45) is 0 Å². The highest BCUT2D eigenvalue weighted by atomic mass is 16.5. The molecule has 13 aromatic rings. The van der Waals surface area contributed by atoms with Crippen LogP contribution in [0.3, 0.4) is 0 Å². The van der Waals surface area contributed by atoms with E-state index in [0.29, 0.717) is 17.5 Å². The molecule has 0 saturated carbocycles. The van der Waals surface area contributed by atoms with Gasteiger partial charge in [-0.05, 0) is 95.1 Å². The number of hydrogen-bond donors (Lipinski definition) is 0. The highest BCUT2D eigenvalue weighted by Crippen LogP contribution is 2.54. The van der Waals surface area contributed by atoms with Gasteiger partial charge in [0.2, 0.25) is 0 Å². The number of rotatable bonds is 7. The van der Waals surface area contributed by atoms with E-state index in [-0.39, 0.29) is 0 Å². The molecule has 0 fully saturated rings. The summed E-state index contributed by atoms with van der Waals surface area (Å²) in [5.41, 5.74) is 14.8. The molecule has 0 saturated heterocycles. The fourth-order valence-electron chi connectivity index (χ4n) is 10.2. The zero-order valence-electron chi connectivity index (χ0n) is 37.6. The van der Waals surface area contributed by atoms with Gasteiger partial charge < -0.3 is 18.6 Å². The summed E-state index contributed by atoms with van der Waals surface area (Å²) in [6, 6.07) is 82.1. The monoisotopic (exact) mass is 897 g/mol. The Bertz CT molecular complexity index is 4090. The van der Waals surface area contributed by atoms with Crippen LogP contribution >= 0.6 is 0 Å². The minimum absolute atomic E-state index is 0.566. The molecule has 1 aliphatic rings. The molecule has 14 rings (SSSR count). The molecule has 7 nitrogen and oxygen atoms in total. The lowest BCUT2D eigenvalue weighted by molar-refractivity contribution is 0.477. The van der Waals surface area contributed by atoms with Gasteiger partial charge >= 0.3 is 0 Å². The van der Waals surface area contributed by atoms with Crippen molar-refractivity contribution in [3.8, 4) is 73.6 Å². The Hall–Kier alpha value is -9.59. The van der Waals surface area contributed by atoms with E-state index in [2.05, 4.69) is 167 Å². The molecule has 10 aromatic carbocycles. The van der Waals surface area contributed by atoms with Crippen molar-refractivity contribution >= 4 is 60.8 Å². The Morgan fingerprint density at radius 2 is 0.900 bits per heavy atom. The first-order chi connectivity index (χ1) is 34.7. The van der Waals surface area contributed by atoms with Gasteiger partial charge in [-0.1, -0.05) is 164 Å². The lowest BCUT2D eigenvalue weighted by Crippen LogP contribution is -2.16. The summed E-state index contributed by atoms with van der Waals surface area (Å²) in [6.45, 7) is 0. The number of ether oxygens (including phenoxy) is 1. The molecule has 0 aliphatic carbocycles. The molecule has 328 valence electrons. The van der Waals surface area contributed by atoms with Crippen LogP contribution in [0.25, 0.3) is 106 Å². The maximum atomic E-state index is 7.05. The first kappa shape index (κ1) is 39.6. The van der Waals surface area contributed by atoms with Crippen LogP contribution in [-0.2, 0) is 0 Å².